The highest BCUT2D eigenvalue weighted by molar-refractivity contribution is 5.26. The van der Waals surface area contributed by atoms with Crippen LogP contribution in [0.25, 0.3) is 0 Å². The van der Waals surface area contributed by atoms with Crippen molar-refractivity contribution in [3.8, 4) is 5.75 Å². The second kappa shape index (κ2) is 4.95. The third-order valence-electron chi connectivity index (χ3n) is 2.32. The fourth-order valence-electron chi connectivity index (χ4n) is 1.58. The van der Waals surface area contributed by atoms with E-state index >= 15 is 0 Å². The minimum atomic E-state index is -0.635. The van der Waals surface area contributed by atoms with Crippen molar-refractivity contribution in [3.05, 3.63) is 65.2 Å². The first-order valence-corrected chi connectivity index (χ1v) is 5.28. The first-order valence-electron chi connectivity index (χ1n) is 5.28. The highest BCUT2D eigenvalue weighted by Crippen LogP contribution is 2.17. The summed E-state index contributed by atoms with van der Waals surface area (Å²) < 4.78 is 31.1. The van der Waals surface area contributed by atoms with Gasteiger partial charge < -0.3 is 4.74 Å². The van der Waals surface area contributed by atoms with Gasteiger partial charge in [0.2, 0.25) is 0 Å². The van der Waals surface area contributed by atoms with Crippen molar-refractivity contribution >= 4 is 0 Å². The van der Waals surface area contributed by atoms with Crippen LogP contribution in [-0.2, 0) is 6.61 Å². The van der Waals surface area contributed by atoms with Gasteiger partial charge >= 0.3 is 0 Å². The van der Waals surface area contributed by atoms with Crippen LogP contribution in [0.4, 0.5) is 8.78 Å². The predicted molar refractivity (Wildman–Crippen MR) is 61.9 cm³/mol. The van der Waals surface area contributed by atoms with E-state index in [1.54, 1.807) is 0 Å². The Labute approximate surface area is 98.7 Å². The third kappa shape index (κ3) is 3.28. The Morgan fingerprint density at radius 2 is 1.71 bits per heavy atom. The molecule has 0 radical (unpaired) electrons. The van der Waals surface area contributed by atoms with Crippen molar-refractivity contribution in [3.63, 3.8) is 0 Å². The first-order chi connectivity index (χ1) is 8.13. The maximum absolute atomic E-state index is 12.9. The van der Waals surface area contributed by atoms with E-state index in [2.05, 4.69) is 0 Å². The largest absolute Gasteiger partial charge is 0.489 e. The van der Waals surface area contributed by atoms with Gasteiger partial charge in [-0.2, -0.15) is 0 Å². The van der Waals surface area contributed by atoms with Gasteiger partial charge in [0.05, 0.1) is 0 Å². The van der Waals surface area contributed by atoms with E-state index in [1.165, 1.54) is 12.1 Å². The Balaban J connectivity index is 2.07. The van der Waals surface area contributed by atoms with E-state index in [1.807, 2.05) is 31.2 Å². The maximum Gasteiger partial charge on any atom is 0.129 e. The Bertz CT molecular complexity index is 503. The van der Waals surface area contributed by atoms with Gasteiger partial charge in [-0.05, 0) is 12.5 Å². The number of rotatable bonds is 3. The van der Waals surface area contributed by atoms with E-state index in [0.29, 0.717) is 6.61 Å². The monoisotopic (exact) mass is 234 g/mol. The summed E-state index contributed by atoms with van der Waals surface area (Å²) >= 11 is 0. The molecule has 0 aromatic heterocycles. The summed E-state index contributed by atoms with van der Waals surface area (Å²) in [5.74, 6) is -1.07. The maximum atomic E-state index is 12.9. The minimum Gasteiger partial charge on any atom is -0.489 e. The first kappa shape index (κ1) is 11.6. The van der Waals surface area contributed by atoms with Gasteiger partial charge in [-0.3, -0.25) is 0 Å². The molecule has 0 heterocycles. The molecule has 3 heteroatoms. The van der Waals surface area contributed by atoms with Crippen LogP contribution in [0.3, 0.4) is 0 Å². The molecule has 0 N–H and O–H groups in total. The number of hydrogen-bond donors (Lipinski definition) is 0. The molecule has 88 valence electrons. The molecule has 2 rings (SSSR count). The molecule has 0 aliphatic rings. The SMILES string of the molecule is Cc1cccc(COc2cc(F)cc(F)c2)c1. The Morgan fingerprint density at radius 3 is 2.35 bits per heavy atom. The molecule has 0 atom stereocenters. The van der Waals surface area contributed by atoms with Crippen LogP contribution in [0.15, 0.2) is 42.5 Å². The second-order valence-corrected chi connectivity index (χ2v) is 3.88. The molecule has 0 saturated carbocycles. The zero-order chi connectivity index (χ0) is 12.3. The van der Waals surface area contributed by atoms with E-state index in [0.717, 1.165) is 17.2 Å². The molecule has 0 aliphatic heterocycles. The molecule has 0 unspecified atom stereocenters. The molecule has 1 nitrogen and oxygen atoms in total. The number of ether oxygens (including phenoxy) is 1. The number of aryl methyl sites for hydroxylation is 1. The summed E-state index contributed by atoms with van der Waals surface area (Å²) in [5, 5.41) is 0. The molecule has 17 heavy (non-hydrogen) atoms. The van der Waals surface area contributed by atoms with Crippen molar-refractivity contribution in [2.24, 2.45) is 0 Å². The fraction of sp³-hybridized carbons (Fsp3) is 0.143. The van der Waals surface area contributed by atoms with Crippen LogP contribution >= 0.6 is 0 Å². The molecule has 0 saturated heterocycles. The lowest BCUT2D eigenvalue weighted by molar-refractivity contribution is 0.302. The van der Waals surface area contributed by atoms with E-state index in [-0.39, 0.29) is 5.75 Å². The predicted octanol–water partition coefficient (Wildman–Crippen LogP) is 3.85. The Morgan fingerprint density at radius 1 is 1.00 bits per heavy atom. The zero-order valence-corrected chi connectivity index (χ0v) is 9.41. The molecular weight excluding hydrogens is 222 g/mol. The zero-order valence-electron chi connectivity index (χ0n) is 9.41. The van der Waals surface area contributed by atoms with E-state index in [9.17, 15) is 8.78 Å². The van der Waals surface area contributed by atoms with Crippen LogP contribution in [0.2, 0.25) is 0 Å². The van der Waals surface area contributed by atoms with Crippen molar-refractivity contribution in [2.75, 3.05) is 0 Å². The third-order valence-corrected chi connectivity index (χ3v) is 2.32. The van der Waals surface area contributed by atoms with Gasteiger partial charge in [0.25, 0.3) is 0 Å². The van der Waals surface area contributed by atoms with Crippen molar-refractivity contribution in [1.29, 1.82) is 0 Å². The van der Waals surface area contributed by atoms with Crippen molar-refractivity contribution < 1.29 is 13.5 Å². The molecule has 0 amide bonds. The van der Waals surface area contributed by atoms with Crippen molar-refractivity contribution in [2.45, 2.75) is 13.5 Å². The van der Waals surface area contributed by atoms with Gasteiger partial charge in [-0.25, -0.2) is 8.78 Å². The average molecular weight is 234 g/mol. The lowest BCUT2D eigenvalue weighted by atomic mass is 10.1. The topological polar surface area (TPSA) is 9.23 Å². The molecule has 0 spiro atoms. The second-order valence-electron chi connectivity index (χ2n) is 3.88. The number of halogens is 2. The summed E-state index contributed by atoms with van der Waals surface area (Å²) in [6.45, 7) is 2.27. The lowest BCUT2D eigenvalue weighted by Crippen LogP contribution is -1.96. The van der Waals surface area contributed by atoms with Crippen LogP contribution in [0.1, 0.15) is 11.1 Å². The van der Waals surface area contributed by atoms with Gasteiger partial charge in [0.1, 0.15) is 24.0 Å². The van der Waals surface area contributed by atoms with Gasteiger partial charge in [-0.1, -0.05) is 29.8 Å². The Kier molecular flexibility index (Phi) is 3.38. The summed E-state index contributed by atoms with van der Waals surface area (Å²) in [6, 6.07) is 10.9. The van der Waals surface area contributed by atoms with E-state index < -0.39 is 11.6 Å². The van der Waals surface area contributed by atoms with E-state index in [4.69, 9.17) is 4.74 Å². The highest BCUT2D eigenvalue weighted by Gasteiger charge is 2.02. The smallest absolute Gasteiger partial charge is 0.129 e. The van der Waals surface area contributed by atoms with Gasteiger partial charge in [0.15, 0.2) is 0 Å². The molecule has 0 aliphatic carbocycles. The quantitative estimate of drug-likeness (QED) is 0.783. The van der Waals surface area contributed by atoms with Crippen molar-refractivity contribution in [1.82, 2.24) is 0 Å². The molecule has 0 fully saturated rings. The Hall–Kier alpha value is -1.90. The summed E-state index contributed by atoms with van der Waals surface area (Å²) in [4.78, 5) is 0. The number of hydrogen-bond acceptors (Lipinski definition) is 1. The average Bonchev–Trinajstić information content (AvgIpc) is 2.25. The van der Waals surface area contributed by atoms with Crippen LogP contribution < -0.4 is 4.74 Å². The number of benzene rings is 2. The van der Waals surface area contributed by atoms with Crippen LogP contribution in [-0.4, -0.2) is 0 Å². The molecule has 0 bridgehead atoms. The fourth-order valence-corrected chi connectivity index (χ4v) is 1.58. The highest BCUT2D eigenvalue weighted by atomic mass is 19.1. The lowest BCUT2D eigenvalue weighted by Gasteiger charge is -2.07. The summed E-state index contributed by atoms with van der Waals surface area (Å²) in [7, 11) is 0. The minimum absolute atomic E-state index is 0.198. The normalized spacial score (nSPS) is 10.3. The van der Waals surface area contributed by atoms with Crippen LogP contribution in [0, 0.1) is 18.6 Å². The summed E-state index contributed by atoms with van der Waals surface area (Å²) in [6.07, 6.45) is 0. The van der Waals surface area contributed by atoms with Crippen LogP contribution in [0.5, 0.6) is 5.75 Å². The standard InChI is InChI=1S/C14H12F2O/c1-10-3-2-4-11(5-10)9-17-14-7-12(15)6-13(16)8-14/h2-8H,9H2,1H3. The molecule has 2 aromatic rings. The van der Waals surface area contributed by atoms with Gasteiger partial charge in [0, 0.05) is 18.2 Å². The molecule has 2 aromatic carbocycles. The van der Waals surface area contributed by atoms with Gasteiger partial charge in [-0.15, -0.1) is 0 Å². The molecular formula is C14H12F2O. The summed E-state index contributed by atoms with van der Waals surface area (Å²) in [5.41, 5.74) is 2.09.